The summed E-state index contributed by atoms with van der Waals surface area (Å²) in [6, 6.07) is 1.20. The Kier molecular flexibility index (Phi) is 3.69. The van der Waals surface area contributed by atoms with Crippen LogP contribution in [0.5, 0.6) is 0 Å². The maximum Gasteiger partial charge on any atom is 0.336 e. The molecule has 0 unspecified atom stereocenters. The van der Waals surface area contributed by atoms with Crippen molar-refractivity contribution in [2.45, 2.75) is 23.7 Å². The van der Waals surface area contributed by atoms with E-state index in [9.17, 15) is 13.2 Å². The van der Waals surface area contributed by atoms with E-state index in [0.29, 0.717) is 6.61 Å². The second-order valence-electron chi connectivity index (χ2n) is 4.91. The molecule has 0 amide bonds. The van der Waals surface area contributed by atoms with Crippen molar-refractivity contribution in [1.82, 2.24) is 4.31 Å². The maximum absolute atomic E-state index is 12.4. The molecular formula is C11H15NO5S2. The Labute approximate surface area is 115 Å². The number of ether oxygens (including phenoxy) is 1. The number of nitrogens with zero attached hydrogens (tertiary/aromatic N) is 1. The van der Waals surface area contributed by atoms with Crippen LogP contribution in [-0.2, 0) is 14.8 Å². The zero-order valence-electron chi connectivity index (χ0n) is 10.6. The normalized spacial score (nSPS) is 20.3. The number of carboxylic acids is 1. The van der Waals surface area contributed by atoms with Gasteiger partial charge in [0.05, 0.1) is 17.8 Å². The summed E-state index contributed by atoms with van der Waals surface area (Å²) in [5.41, 5.74) is -0.533. The van der Waals surface area contributed by atoms with Crippen molar-refractivity contribution in [2.24, 2.45) is 0 Å². The number of hydrogen-bond acceptors (Lipinski definition) is 5. The minimum atomic E-state index is -3.64. The van der Waals surface area contributed by atoms with E-state index in [2.05, 4.69) is 0 Å². The molecule has 8 heteroatoms. The van der Waals surface area contributed by atoms with Crippen LogP contribution in [0.4, 0.5) is 0 Å². The highest BCUT2D eigenvalue weighted by Crippen LogP contribution is 2.27. The summed E-state index contributed by atoms with van der Waals surface area (Å²) < 4.78 is 31.7. The van der Waals surface area contributed by atoms with Crippen molar-refractivity contribution >= 4 is 27.3 Å². The molecule has 6 nitrogen and oxygen atoms in total. The number of thiophene rings is 1. The number of carbonyl (C=O) groups is 1. The number of sulfonamides is 1. The highest BCUT2D eigenvalue weighted by Gasteiger charge is 2.35. The van der Waals surface area contributed by atoms with Gasteiger partial charge in [-0.25, -0.2) is 13.2 Å². The van der Waals surface area contributed by atoms with E-state index in [1.165, 1.54) is 15.8 Å². The number of rotatable bonds is 3. The van der Waals surface area contributed by atoms with E-state index in [1.54, 1.807) is 0 Å². The molecule has 1 aliphatic heterocycles. The van der Waals surface area contributed by atoms with Crippen LogP contribution in [0.1, 0.15) is 24.2 Å². The van der Waals surface area contributed by atoms with E-state index in [4.69, 9.17) is 9.84 Å². The zero-order chi connectivity index (χ0) is 14.3. The van der Waals surface area contributed by atoms with Gasteiger partial charge in [0.1, 0.15) is 4.21 Å². The van der Waals surface area contributed by atoms with E-state index in [-0.39, 0.29) is 22.9 Å². The van der Waals surface area contributed by atoms with Gasteiger partial charge in [0.25, 0.3) is 10.0 Å². The fourth-order valence-electron chi connectivity index (χ4n) is 1.87. The average molecular weight is 305 g/mol. The molecule has 1 saturated heterocycles. The first kappa shape index (κ1) is 14.4. The second kappa shape index (κ2) is 4.86. The van der Waals surface area contributed by atoms with Crippen molar-refractivity contribution in [3.05, 3.63) is 17.0 Å². The van der Waals surface area contributed by atoms with Crippen LogP contribution in [-0.4, -0.2) is 49.1 Å². The molecule has 1 aromatic heterocycles. The first-order valence-electron chi connectivity index (χ1n) is 5.68. The quantitative estimate of drug-likeness (QED) is 0.908. The van der Waals surface area contributed by atoms with Crippen molar-refractivity contribution in [1.29, 1.82) is 0 Å². The molecule has 1 N–H and O–H groups in total. The Bertz CT molecular complexity index is 590. The summed E-state index contributed by atoms with van der Waals surface area (Å²) >= 11 is 0.927. The summed E-state index contributed by atoms with van der Waals surface area (Å²) in [7, 11) is -3.64. The van der Waals surface area contributed by atoms with Gasteiger partial charge >= 0.3 is 5.97 Å². The SMILES string of the molecule is CC1(C)CN(S(=O)(=O)c2cc(C(=O)O)cs2)CCO1. The van der Waals surface area contributed by atoms with Crippen LogP contribution in [0.25, 0.3) is 0 Å². The summed E-state index contributed by atoms with van der Waals surface area (Å²) in [4.78, 5) is 10.8. The highest BCUT2D eigenvalue weighted by atomic mass is 32.2. The lowest BCUT2D eigenvalue weighted by atomic mass is 10.1. The van der Waals surface area contributed by atoms with Crippen LogP contribution in [0, 0.1) is 0 Å². The van der Waals surface area contributed by atoms with Gasteiger partial charge in [0, 0.05) is 18.5 Å². The minimum absolute atomic E-state index is 0.00362. The lowest BCUT2D eigenvalue weighted by Gasteiger charge is -2.36. The summed E-state index contributed by atoms with van der Waals surface area (Å²) in [5, 5.41) is 10.2. The fourth-order valence-corrected chi connectivity index (χ4v) is 4.75. The van der Waals surface area contributed by atoms with Gasteiger partial charge < -0.3 is 9.84 Å². The van der Waals surface area contributed by atoms with Gasteiger partial charge in [-0.3, -0.25) is 0 Å². The van der Waals surface area contributed by atoms with Gasteiger partial charge in [-0.1, -0.05) is 0 Å². The number of carboxylic acid groups (broad SMARTS) is 1. The number of hydrogen-bond donors (Lipinski definition) is 1. The third-order valence-electron chi connectivity index (χ3n) is 2.81. The number of aromatic carboxylic acids is 1. The van der Waals surface area contributed by atoms with Crippen LogP contribution in [0.15, 0.2) is 15.7 Å². The van der Waals surface area contributed by atoms with Crippen molar-refractivity contribution in [2.75, 3.05) is 19.7 Å². The van der Waals surface area contributed by atoms with Gasteiger partial charge in [0.15, 0.2) is 0 Å². The van der Waals surface area contributed by atoms with E-state index in [1.807, 2.05) is 13.8 Å². The van der Waals surface area contributed by atoms with Crippen LogP contribution in [0.3, 0.4) is 0 Å². The average Bonchev–Trinajstić information content (AvgIpc) is 2.77. The van der Waals surface area contributed by atoms with Gasteiger partial charge in [0.2, 0.25) is 0 Å². The van der Waals surface area contributed by atoms with E-state index < -0.39 is 21.6 Å². The second-order valence-corrected chi connectivity index (χ2v) is 7.98. The van der Waals surface area contributed by atoms with Gasteiger partial charge in [-0.05, 0) is 19.9 Å². The monoisotopic (exact) mass is 305 g/mol. The third kappa shape index (κ3) is 2.97. The van der Waals surface area contributed by atoms with Crippen molar-refractivity contribution in [3.63, 3.8) is 0 Å². The maximum atomic E-state index is 12.4. The molecule has 0 radical (unpaired) electrons. The molecule has 1 aliphatic rings. The standard InChI is InChI=1S/C11H15NO5S2/c1-11(2)7-12(3-4-17-11)19(15,16)9-5-8(6-18-9)10(13)14/h5-6H,3-4,7H2,1-2H3,(H,13,14). The molecule has 0 aromatic carbocycles. The largest absolute Gasteiger partial charge is 0.478 e. The molecule has 0 bridgehead atoms. The molecule has 0 atom stereocenters. The summed E-state index contributed by atoms with van der Waals surface area (Å²) in [6.45, 7) is 4.53. The summed E-state index contributed by atoms with van der Waals surface area (Å²) in [5.74, 6) is -1.12. The Balaban J connectivity index is 2.28. The van der Waals surface area contributed by atoms with E-state index >= 15 is 0 Å². The van der Waals surface area contributed by atoms with Crippen molar-refractivity contribution in [3.8, 4) is 0 Å². The Hall–Kier alpha value is -0.960. The molecule has 0 aliphatic carbocycles. The lowest BCUT2D eigenvalue weighted by molar-refractivity contribution is -0.0640. The van der Waals surface area contributed by atoms with Crippen LogP contribution < -0.4 is 0 Å². The third-order valence-corrected chi connectivity index (χ3v) is 6.07. The topological polar surface area (TPSA) is 83.9 Å². The first-order chi connectivity index (χ1) is 8.72. The summed E-state index contributed by atoms with van der Waals surface area (Å²) in [6.07, 6.45) is 0. The van der Waals surface area contributed by atoms with Crippen LogP contribution >= 0.6 is 11.3 Å². The van der Waals surface area contributed by atoms with Crippen LogP contribution in [0.2, 0.25) is 0 Å². The molecular weight excluding hydrogens is 290 g/mol. The lowest BCUT2D eigenvalue weighted by Crippen LogP contribution is -2.50. The predicted molar refractivity (Wildman–Crippen MR) is 70.1 cm³/mol. The van der Waals surface area contributed by atoms with Gasteiger partial charge in [-0.15, -0.1) is 11.3 Å². The van der Waals surface area contributed by atoms with E-state index in [0.717, 1.165) is 11.3 Å². The first-order valence-corrected chi connectivity index (χ1v) is 8.00. The fraction of sp³-hybridized carbons (Fsp3) is 0.545. The molecule has 1 fully saturated rings. The van der Waals surface area contributed by atoms with Gasteiger partial charge in [-0.2, -0.15) is 4.31 Å². The van der Waals surface area contributed by atoms with Crippen molar-refractivity contribution < 1.29 is 23.1 Å². The smallest absolute Gasteiger partial charge is 0.336 e. The zero-order valence-corrected chi connectivity index (χ0v) is 12.3. The molecule has 106 valence electrons. The molecule has 0 saturated carbocycles. The predicted octanol–water partition coefficient (Wildman–Crippen LogP) is 1.25. The molecule has 2 heterocycles. The minimum Gasteiger partial charge on any atom is -0.478 e. The molecule has 1 aromatic rings. The highest BCUT2D eigenvalue weighted by molar-refractivity contribution is 7.91. The molecule has 0 spiro atoms. The Morgan fingerprint density at radius 3 is 2.74 bits per heavy atom. The Morgan fingerprint density at radius 1 is 1.53 bits per heavy atom. The number of morpholine rings is 1. The molecule has 19 heavy (non-hydrogen) atoms. The Morgan fingerprint density at radius 2 is 2.21 bits per heavy atom. The molecule has 2 rings (SSSR count).